The predicted octanol–water partition coefficient (Wildman–Crippen LogP) is 2.58. The Labute approximate surface area is 112 Å². The first-order chi connectivity index (χ1) is 8.39. The van der Waals surface area contributed by atoms with Gasteiger partial charge in [-0.05, 0) is 24.3 Å². The quantitative estimate of drug-likeness (QED) is 0.796. The molecule has 1 aromatic heterocycles. The van der Waals surface area contributed by atoms with Gasteiger partial charge in [-0.2, -0.15) is 0 Å². The second kappa shape index (κ2) is 4.76. The molecule has 0 aromatic carbocycles. The van der Waals surface area contributed by atoms with Crippen LogP contribution in [0.2, 0.25) is 5.15 Å². The summed E-state index contributed by atoms with van der Waals surface area (Å²) in [5.74, 6) is -0.0763. The zero-order valence-electron chi connectivity index (χ0n) is 10.7. The summed E-state index contributed by atoms with van der Waals surface area (Å²) in [6.45, 7) is 5.86. The molecule has 4 nitrogen and oxygen atoms in total. The van der Waals surface area contributed by atoms with Gasteiger partial charge in [0, 0.05) is 13.1 Å². The van der Waals surface area contributed by atoms with Gasteiger partial charge in [0.05, 0.1) is 17.4 Å². The highest BCUT2D eigenvalue weighted by molar-refractivity contribution is 6.32. The van der Waals surface area contributed by atoms with Crippen molar-refractivity contribution in [2.24, 2.45) is 5.41 Å². The number of nitrogens with zero attached hydrogens (tertiary/aromatic N) is 2. The highest BCUT2D eigenvalue weighted by Crippen LogP contribution is 2.30. The first-order valence-electron chi connectivity index (χ1n) is 6.09. The number of carbonyl (C=O) groups excluding carboxylic acids is 1. The number of aromatic nitrogens is 1. The van der Waals surface area contributed by atoms with Crippen LogP contribution in [0, 0.1) is 5.41 Å². The van der Waals surface area contributed by atoms with Crippen molar-refractivity contribution in [3.05, 3.63) is 23.0 Å². The number of hydrogen-bond donors (Lipinski definition) is 1. The predicted molar refractivity (Wildman–Crippen MR) is 72.6 cm³/mol. The van der Waals surface area contributed by atoms with Gasteiger partial charge in [-0.15, -0.1) is 0 Å². The van der Waals surface area contributed by atoms with Crippen LogP contribution < -0.4 is 5.73 Å². The molecule has 98 valence electrons. The van der Waals surface area contributed by atoms with Gasteiger partial charge in [-0.3, -0.25) is 4.79 Å². The summed E-state index contributed by atoms with van der Waals surface area (Å²) in [6.07, 6.45) is 3.62. The van der Waals surface area contributed by atoms with E-state index in [-0.39, 0.29) is 16.5 Å². The summed E-state index contributed by atoms with van der Waals surface area (Å²) in [5.41, 5.74) is 6.67. The molecule has 0 radical (unpaired) electrons. The van der Waals surface area contributed by atoms with E-state index in [1.807, 2.05) is 4.90 Å². The molecule has 1 aliphatic heterocycles. The first-order valence-corrected chi connectivity index (χ1v) is 6.47. The molecule has 2 heterocycles. The lowest BCUT2D eigenvalue weighted by Gasteiger charge is -2.38. The van der Waals surface area contributed by atoms with Gasteiger partial charge in [0.1, 0.15) is 5.15 Å². The van der Waals surface area contributed by atoms with Crippen LogP contribution in [-0.2, 0) is 0 Å². The monoisotopic (exact) mass is 267 g/mol. The Morgan fingerprint density at radius 1 is 1.56 bits per heavy atom. The van der Waals surface area contributed by atoms with Crippen LogP contribution >= 0.6 is 11.6 Å². The summed E-state index contributed by atoms with van der Waals surface area (Å²) in [4.78, 5) is 18.2. The van der Waals surface area contributed by atoms with Crippen molar-refractivity contribution in [2.75, 3.05) is 18.8 Å². The Hall–Kier alpha value is -1.29. The number of halogens is 1. The third-order valence-electron chi connectivity index (χ3n) is 3.28. The van der Waals surface area contributed by atoms with Gasteiger partial charge < -0.3 is 10.6 Å². The van der Waals surface area contributed by atoms with Crippen LogP contribution in [0.25, 0.3) is 0 Å². The molecule has 1 aliphatic rings. The van der Waals surface area contributed by atoms with Crippen LogP contribution in [-0.4, -0.2) is 28.9 Å². The minimum Gasteiger partial charge on any atom is -0.397 e. The maximum Gasteiger partial charge on any atom is 0.257 e. The summed E-state index contributed by atoms with van der Waals surface area (Å²) in [6, 6.07) is 1.60. The topological polar surface area (TPSA) is 59.2 Å². The lowest BCUT2D eigenvalue weighted by atomic mass is 9.84. The fourth-order valence-electron chi connectivity index (χ4n) is 2.38. The molecule has 0 atom stereocenters. The average molecular weight is 268 g/mol. The molecule has 0 spiro atoms. The van der Waals surface area contributed by atoms with E-state index in [2.05, 4.69) is 18.8 Å². The Balaban J connectivity index is 2.23. The number of nitrogen functional groups attached to an aromatic ring is 1. The van der Waals surface area contributed by atoms with E-state index >= 15 is 0 Å². The second-order valence-electron chi connectivity index (χ2n) is 5.60. The fourth-order valence-corrected chi connectivity index (χ4v) is 2.57. The third-order valence-corrected chi connectivity index (χ3v) is 3.58. The zero-order chi connectivity index (χ0) is 13.3. The minimum absolute atomic E-state index is 0.0763. The van der Waals surface area contributed by atoms with Crippen molar-refractivity contribution >= 4 is 23.2 Å². The molecule has 1 amide bonds. The molecule has 2 N–H and O–H groups in total. The van der Waals surface area contributed by atoms with E-state index in [9.17, 15) is 4.79 Å². The maximum absolute atomic E-state index is 12.4. The number of pyridine rings is 1. The highest BCUT2D eigenvalue weighted by Gasteiger charge is 2.30. The molecular formula is C13H18ClN3O. The van der Waals surface area contributed by atoms with Crippen LogP contribution in [0.3, 0.4) is 0 Å². The number of piperidine rings is 1. The molecule has 18 heavy (non-hydrogen) atoms. The van der Waals surface area contributed by atoms with Crippen molar-refractivity contribution < 1.29 is 4.79 Å². The van der Waals surface area contributed by atoms with Gasteiger partial charge in [0.15, 0.2) is 0 Å². The molecule has 5 heteroatoms. The molecule has 0 aliphatic carbocycles. The van der Waals surface area contributed by atoms with E-state index in [1.54, 1.807) is 6.07 Å². The van der Waals surface area contributed by atoms with Gasteiger partial charge in [0.2, 0.25) is 0 Å². The second-order valence-corrected chi connectivity index (χ2v) is 5.96. The van der Waals surface area contributed by atoms with Crippen molar-refractivity contribution in [2.45, 2.75) is 26.7 Å². The molecular weight excluding hydrogens is 250 g/mol. The molecule has 1 saturated heterocycles. The number of rotatable bonds is 1. The van der Waals surface area contributed by atoms with Crippen molar-refractivity contribution in [1.82, 2.24) is 9.88 Å². The number of amides is 1. The third kappa shape index (κ3) is 2.75. The smallest absolute Gasteiger partial charge is 0.257 e. The van der Waals surface area contributed by atoms with E-state index in [0.29, 0.717) is 11.3 Å². The van der Waals surface area contributed by atoms with Gasteiger partial charge in [-0.1, -0.05) is 25.4 Å². The normalized spacial score (nSPS) is 18.7. The number of carbonyl (C=O) groups is 1. The van der Waals surface area contributed by atoms with E-state index in [0.717, 1.165) is 25.9 Å². The first kappa shape index (κ1) is 13.1. The number of nitrogens with two attached hydrogens (primary N) is 1. The minimum atomic E-state index is -0.0763. The zero-order valence-corrected chi connectivity index (χ0v) is 11.5. The number of hydrogen-bond acceptors (Lipinski definition) is 3. The van der Waals surface area contributed by atoms with Gasteiger partial charge >= 0.3 is 0 Å². The fraction of sp³-hybridized carbons (Fsp3) is 0.538. The summed E-state index contributed by atoms with van der Waals surface area (Å²) in [5, 5.41) is 0.220. The Morgan fingerprint density at radius 3 is 2.94 bits per heavy atom. The van der Waals surface area contributed by atoms with E-state index < -0.39 is 0 Å². The molecule has 0 unspecified atom stereocenters. The summed E-state index contributed by atoms with van der Waals surface area (Å²) >= 11 is 5.97. The Morgan fingerprint density at radius 2 is 2.28 bits per heavy atom. The average Bonchev–Trinajstić information content (AvgIpc) is 2.30. The van der Waals surface area contributed by atoms with Crippen molar-refractivity contribution in [3.63, 3.8) is 0 Å². The lowest BCUT2D eigenvalue weighted by Crippen LogP contribution is -2.43. The largest absolute Gasteiger partial charge is 0.397 e. The van der Waals surface area contributed by atoms with Crippen LogP contribution in [0.1, 0.15) is 37.0 Å². The molecule has 0 saturated carbocycles. The molecule has 0 bridgehead atoms. The van der Waals surface area contributed by atoms with Gasteiger partial charge in [0.25, 0.3) is 5.91 Å². The van der Waals surface area contributed by atoms with Crippen LogP contribution in [0.5, 0.6) is 0 Å². The summed E-state index contributed by atoms with van der Waals surface area (Å²) in [7, 11) is 0. The van der Waals surface area contributed by atoms with E-state index in [4.69, 9.17) is 17.3 Å². The van der Waals surface area contributed by atoms with Crippen LogP contribution in [0.4, 0.5) is 5.69 Å². The SMILES string of the molecule is CC1(C)CCCN(C(=O)c2cc(N)cnc2Cl)C1. The van der Waals surface area contributed by atoms with Crippen LogP contribution in [0.15, 0.2) is 12.3 Å². The van der Waals surface area contributed by atoms with E-state index in [1.165, 1.54) is 6.20 Å². The van der Waals surface area contributed by atoms with Crippen molar-refractivity contribution in [1.29, 1.82) is 0 Å². The maximum atomic E-state index is 12.4. The number of likely N-dealkylation sites (tertiary alicyclic amines) is 1. The standard InChI is InChI=1S/C13H18ClN3O/c1-13(2)4-3-5-17(8-13)12(18)10-6-9(15)7-16-11(10)14/h6-7H,3-5,8,15H2,1-2H3. The lowest BCUT2D eigenvalue weighted by molar-refractivity contribution is 0.0583. The Bertz CT molecular complexity index is 473. The van der Waals surface area contributed by atoms with Gasteiger partial charge in [-0.25, -0.2) is 4.98 Å². The molecule has 1 fully saturated rings. The molecule has 1 aromatic rings. The Kier molecular flexibility index (Phi) is 3.48. The molecule has 2 rings (SSSR count). The number of anilines is 1. The van der Waals surface area contributed by atoms with Crippen molar-refractivity contribution in [3.8, 4) is 0 Å². The highest BCUT2D eigenvalue weighted by atomic mass is 35.5. The summed E-state index contributed by atoms with van der Waals surface area (Å²) < 4.78 is 0.